The van der Waals surface area contributed by atoms with Crippen molar-refractivity contribution in [2.24, 2.45) is 0 Å². The number of rotatable bonds is 7. The van der Waals surface area contributed by atoms with E-state index in [1.807, 2.05) is 6.07 Å². The summed E-state index contributed by atoms with van der Waals surface area (Å²) in [6, 6.07) is 7.59. The van der Waals surface area contributed by atoms with Crippen LogP contribution in [-0.4, -0.2) is 36.6 Å². The minimum absolute atomic E-state index is 0.00477. The van der Waals surface area contributed by atoms with Gasteiger partial charge in [0.05, 0.1) is 18.1 Å². The first-order chi connectivity index (χ1) is 9.80. The SMILES string of the molecule is CC(CC(F)(F)F)NCC(O)COc1cccc(C#N)c1. The summed E-state index contributed by atoms with van der Waals surface area (Å²) in [5.41, 5.74) is 0.430. The maximum Gasteiger partial charge on any atom is 0.390 e. The van der Waals surface area contributed by atoms with Crippen LogP contribution >= 0.6 is 0 Å². The van der Waals surface area contributed by atoms with Crippen molar-refractivity contribution in [1.29, 1.82) is 5.26 Å². The Labute approximate surface area is 121 Å². The number of nitrogens with one attached hydrogen (secondary N) is 1. The summed E-state index contributed by atoms with van der Waals surface area (Å²) in [5, 5.41) is 21.0. The number of ether oxygens (including phenoxy) is 1. The molecule has 0 fully saturated rings. The molecule has 0 amide bonds. The van der Waals surface area contributed by atoms with Crippen LogP contribution in [0.2, 0.25) is 0 Å². The van der Waals surface area contributed by atoms with E-state index in [2.05, 4.69) is 5.32 Å². The normalized spacial score (nSPS) is 14.3. The zero-order valence-electron chi connectivity index (χ0n) is 11.5. The Morgan fingerprint density at radius 2 is 2.14 bits per heavy atom. The van der Waals surface area contributed by atoms with E-state index in [4.69, 9.17) is 10.00 Å². The number of alkyl halides is 3. The molecule has 21 heavy (non-hydrogen) atoms. The van der Waals surface area contributed by atoms with Crippen LogP contribution in [0.25, 0.3) is 0 Å². The maximum absolute atomic E-state index is 12.1. The van der Waals surface area contributed by atoms with Gasteiger partial charge in [-0.2, -0.15) is 18.4 Å². The summed E-state index contributed by atoms with van der Waals surface area (Å²) in [5.74, 6) is 0.427. The molecule has 2 atom stereocenters. The highest BCUT2D eigenvalue weighted by Gasteiger charge is 2.29. The van der Waals surface area contributed by atoms with Gasteiger partial charge in [0.2, 0.25) is 0 Å². The Kier molecular flexibility index (Phi) is 6.46. The van der Waals surface area contributed by atoms with Crippen molar-refractivity contribution >= 4 is 0 Å². The molecule has 2 N–H and O–H groups in total. The topological polar surface area (TPSA) is 65.3 Å². The molecule has 0 aliphatic carbocycles. The average Bonchev–Trinajstić information content (AvgIpc) is 2.41. The number of nitrogens with zero attached hydrogens (tertiary/aromatic N) is 1. The molecule has 116 valence electrons. The Balaban J connectivity index is 2.31. The standard InChI is InChI=1S/C14H17F3N2O2/c1-10(6-14(15,16)17)19-8-12(20)9-21-13-4-2-3-11(5-13)7-18/h2-5,10,12,19-20H,6,8-9H2,1H3. The molecule has 0 aliphatic rings. The lowest BCUT2D eigenvalue weighted by atomic mass is 10.2. The van der Waals surface area contributed by atoms with E-state index in [1.165, 1.54) is 13.0 Å². The van der Waals surface area contributed by atoms with Crippen LogP contribution in [-0.2, 0) is 0 Å². The minimum atomic E-state index is -4.23. The molecule has 4 nitrogen and oxygen atoms in total. The number of hydrogen-bond acceptors (Lipinski definition) is 4. The van der Waals surface area contributed by atoms with E-state index in [1.54, 1.807) is 18.2 Å². The number of aliphatic hydroxyl groups is 1. The lowest BCUT2D eigenvalue weighted by Gasteiger charge is -2.18. The van der Waals surface area contributed by atoms with Gasteiger partial charge in [-0.3, -0.25) is 0 Å². The largest absolute Gasteiger partial charge is 0.491 e. The van der Waals surface area contributed by atoms with Gasteiger partial charge < -0.3 is 15.2 Å². The van der Waals surface area contributed by atoms with Crippen molar-refractivity contribution in [3.05, 3.63) is 29.8 Å². The summed E-state index contributed by atoms with van der Waals surface area (Å²) >= 11 is 0. The molecule has 0 heterocycles. The van der Waals surface area contributed by atoms with E-state index >= 15 is 0 Å². The minimum Gasteiger partial charge on any atom is -0.491 e. The van der Waals surface area contributed by atoms with Crippen molar-refractivity contribution in [2.75, 3.05) is 13.2 Å². The molecule has 1 aromatic carbocycles. The summed E-state index contributed by atoms with van der Waals surface area (Å²) < 4.78 is 41.6. The highest BCUT2D eigenvalue weighted by molar-refractivity contribution is 5.36. The van der Waals surface area contributed by atoms with E-state index in [0.29, 0.717) is 11.3 Å². The van der Waals surface area contributed by atoms with Crippen LogP contribution in [0.4, 0.5) is 13.2 Å². The molecule has 0 saturated heterocycles. The fraction of sp³-hybridized carbons (Fsp3) is 0.500. The number of halogens is 3. The lowest BCUT2D eigenvalue weighted by Crippen LogP contribution is -2.38. The van der Waals surface area contributed by atoms with Gasteiger partial charge in [0.25, 0.3) is 0 Å². The number of aliphatic hydroxyl groups excluding tert-OH is 1. The molecule has 0 spiro atoms. The fourth-order valence-corrected chi connectivity index (χ4v) is 1.66. The van der Waals surface area contributed by atoms with Gasteiger partial charge in [0.15, 0.2) is 0 Å². The van der Waals surface area contributed by atoms with Crippen LogP contribution in [0.5, 0.6) is 5.75 Å². The molecule has 0 aromatic heterocycles. The molecule has 1 aromatic rings. The van der Waals surface area contributed by atoms with Crippen LogP contribution in [0.3, 0.4) is 0 Å². The van der Waals surface area contributed by atoms with Crippen molar-refractivity contribution < 1.29 is 23.0 Å². The first-order valence-electron chi connectivity index (χ1n) is 6.41. The quantitative estimate of drug-likeness (QED) is 0.810. The van der Waals surface area contributed by atoms with Gasteiger partial charge >= 0.3 is 6.18 Å². The summed E-state index contributed by atoms with van der Waals surface area (Å²) in [4.78, 5) is 0. The zero-order valence-corrected chi connectivity index (χ0v) is 11.5. The van der Waals surface area contributed by atoms with Crippen LogP contribution in [0, 0.1) is 11.3 Å². The Morgan fingerprint density at radius 3 is 2.76 bits per heavy atom. The van der Waals surface area contributed by atoms with Crippen LogP contribution in [0.1, 0.15) is 18.9 Å². The van der Waals surface area contributed by atoms with Crippen molar-refractivity contribution in [1.82, 2.24) is 5.32 Å². The Bertz CT molecular complexity index is 486. The smallest absolute Gasteiger partial charge is 0.390 e. The molecule has 7 heteroatoms. The molecule has 0 bridgehead atoms. The second kappa shape index (κ2) is 7.86. The van der Waals surface area contributed by atoms with Gasteiger partial charge in [0, 0.05) is 12.6 Å². The van der Waals surface area contributed by atoms with E-state index in [-0.39, 0.29) is 13.2 Å². The Hall–Kier alpha value is -1.78. The highest BCUT2D eigenvalue weighted by Crippen LogP contribution is 2.21. The molecule has 2 unspecified atom stereocenters. The van der Waals surface area contributed by atoms with Crippen LogP contribution in [0.15, 0.2) is 24.3 Å². The van der Waals surface area contributed by atoms with Crippen molar-refractivity contribution in [3.63, 3.8) is 0 Å². The first kappa shape index (κ1) is 17.3. The van der Waals surface area contributed by atoms with E-state index < -0.39 is 24.7 Å². The van der Waals surface area contributed by atoms with E-state index in [0.717, 1.165) is 0 Å². The fourth-order valence-electron chi connectivity index (χ4n) is 1.66. The predicted molar refractivity (Wildman–Crippen MR) is 70.8 cm³/mol. The molecular formula is C14H17F3N2O2. The summed E-state index contributed by atoms with van der Waals surface area (Å²) in [6.07, 6.45) is -6.12. The molecular weight excluding hydrogens is 285 g/mol. The first-order valence-corrected chi connectivity index (χ1v) is 6.41. The van der Waals surface area contributed by atoms with Gasteiger partial charge in [-0.05, 0) is 25.1 Å². The molecule has 0 radical (unpaired) electrons. The highest BCUT2D eigenvalue weighted by atomic mass is 19.4. The monoisotopic (exact) mass is 302 g/mol. The predicted octanol–water partition coefficient (Wildman–Crippen LogP) is 2.23. The molecule has 0 aliphatic heterocycles. The maximum atomic E-state index is 12.1. The third kappa shape index (κ3) is 7.54. The van der Waals surface area contributed by atoms with Crippen molar-refractivity contribution in [3.8, 4) is 11.8 Å². The Morgan fingerprint density at radius 1 is 1.43 bits per heavy atom. The van der Waals surface area contributed by atoms with Crippen LogP contribution < -0.4 is 10.1 Å². The van der Waals surface area contributed by atoms with Crippen molar-refractivity contribution in [2.45, 2.75) is 31.7 Å². The third-order valence-electron chi connectivity index (χ3n) is 2.65. The molecule has 0 saturated carbocycles. The summed E-state index contributed by atoms with van der Waals surface area (Å²) in [7, 11) is 0. The van der Waals surface area contributed by atoms with Gasteiger partial charge in [0.1, 0.15) is 18.5 Å². The zero-order chi connectivity index (χ0) is 15.9. The average molecular weight is 302 g/mol. The second-order valence-corrected chi connectivity index (χ2v) is 4.73. The lowest BCUT2D eigenvalue weighted by molar-refractivity contribution is -0.139. The van der Waals surface area contributed by atoms with Gasteiger partial charge in [-0.15, -0.1) is 0 Å². The van der Waals surface area contributed by atoms with Gasteiger partial charge in [-0.1, -0.05) is 6.07 Å². The number of benzene rings is 1. The third-order valence-corrected chi connectivity index (χ3v) is 2.65. The number of hydrogen-bond donors (Lipinski definition) is 2. The number of nitriles is 1. The summed E-state index contributed by atoms with van der Waals surface area (Å²) in [6.45, 7) is 1.33. The molecule has 1 rings (SSSR count). The second-order valence-electron chi connectivity index (χ2n) is 4.73. The van der Waals surface area contributed by atoms with E-state index in [9.17, 15) is 18.3 Å². The van der Waals surface area contributed by atoms with Gasteiger partial charge in [-0.25, -0.2) is 0 Å².